The monoisotopic (exact) mass is 299 g/mol. The van der Waals surface area contributed by atoms with E-state index < -0.39 is 0 Å². The molecule has 1 saturated carbocycles. The summed E-state index contributed by atoms with van der Waals surface area (Å²) in [6.45, 7) is 1.36. The van der Waals surface area contributed by atoms with E-state index in [4.69, 9.17) is 4.52 Å². The molecule has 2 aliphatic rings. The molecule has 1 saturated heterocycles. The highest BCUT2D eigenvalue weighted by atomic mass is 16.5. The third kappa shape index (κ3) is 2.58. The average Bonchev–Trinajstić information content (AvgIpc) is 3.29. The van der Waals surface area contributed by atoms with Gasteiger partial charge in [-0.25, -0.2) is 9.97 Å². The lowest BCUT2D eigenvalue weighted by molar-refractivity contribution is 0.0697. The maximum absolute atomic E-state index is 12.7. The van der Waals surface area contributed by atoms with Crippen molar-refractivity contribution in [3.63, 3.8) is 0 Å². The zero-order chi connectivity index (χ0) is 14.9. The predicted molar refractivity (Wildman–Crippen MR) is 76.2 cm³/mol. The van der Waals surface area contributed by atoms with Gasteiger partial charge in [-0.15, -0.1) is 0 Å². The number of hydrogen-bond acceptors (Lipinski definition) is 6. The molecule has 0 bridgehead atoms. The predicted octanol–water partition coefficient (Wildman–Crippen LogP) is 1.76. The summed E-state index contributed by atoms with van der Waals surface area (Å²) in [6, 6.07) is 1.70. The van der Waals surface area contributed by atoms with Crippen LogP contribution in [-0.2, 0) is 0 Å². The fourth-order valence-electron chi connectivity index (χ4n) is 2.92. The molecule has 2 aromatic rings. The van der Waals surface area contributed by atoms with Crippen LogP contribution in [0.25, 0.3) is 0 Å². The number of aromatic nitrogens is 4. The summed E-state index contributed by atoms with van der Waals surface area (Å²) in [5.41, 5.74) is 0.491. The molecule has 7 nitrogen and oxygen atoms in total. The molecular weight excluding hydrogens is 282 g/mol. The van der Waals surface area contributed by atoms with E-state index in [0.717, 1.165) is 38.1 Å². The molecule has 0 radical (unpaired) electrons. The first-order valence-electron chi connectivity index (χ1n) is 7.70. The number of piperidine rings is 1. The van der Waals surface area contributed by atoms with Crippen LogP contribution in [0.5, 0.6) is 0 Å². The van der Waals surface area contributed by atoms with Gasteiger partial charge < -0.3 is 9.42 Å². The lowest BCUT2D eigenvalue weighted by Gasteiger charge is -2.31. The number of carbonyl (C=O) groups excluding carboxylic acids is 1. The van der Waals surface area contributed by atoms with Crippen LogP contribution in [0.4, 0.5) is 0 Å². The van der Waals surface area contributed by atoms with Gasteiger partial charge in [0.2, 0.25) is 6.39 Å². The first kappa shape index (κ1) is 13.4. The lowest BCUT2D eigenvalue weighted by atomic mass is 9.97. The zero-order valence-corrected chi connectivity index (χ0v) is 12.2. The summed E-state index contributed by atoms with van der Waals surface area (Å²) in [4.78, 5) is 27.3. The van der Waals surface area contributed by atoms with Crippen molar-refractivity contribution in [1.29, 1.82) is 0 Å². The fourth-order valence-corrected chi connectivity index (χ4v) is 2.92. The Balaban J connectivity index is 1.51. The van der Waals surface area contributed by atoms with Gasteiger partial charge in [0, 0.05) is 31.1 Å². The Morgan fingerprint density at radius 1 is 1.18 bits per heavy atom. The number of likely N-dealkylation sites (tertiary alicyclic amines) is 1. The molecule has 3 heterocycles. The van der Waals surface area contributed by atoms with Crippen LogP contribution in [0.3, 0.4) is 0 Å². The van der Waals surface area contributed by atoms with Crippen molar-refractivity contribution in [3.8, 4) is 0 Å². The van der Waals surface area contributed by atoms with Crippen molar-refractivity contribution in [2.45, 2.75) is 37.5 Å². The van der Waals surface area contributed by atoms with Crippen molar-refractivity contribution < 1.29 is 9.32 Å². The Morgan fingerprint density at radius 3 is 2.86 bits per heavy atom. The molecule has 0 aromatic carbocycles. The third-order valence-electron chi connectivity index (χ3n) is 4.29. The Morgan fingerprint density at radius 2 is 2.09 bits per heavy atom. The SMILES string of the molecule is O=C(c1ccnc(C2CC2)n1)N1CCCC(c2ncon2)C1. The Labute approximate surface area is 127 Å². The van der Waals surface area contributed by atoms with Gasteiger partial charge in [-0.3, -0.25) is 4.79 Å². The van der Waals surface area contributed by atoms with Crippen LogP contribution in [0.1, 0.15) is 59.7 Å². The maximum atomic E-state index is 12.7. The molecule has 0 N–H and O–H groups in total. The molecule has 4 rings (SSSR count). The van der Waals surface area contributed by atoms with Gasteiger partial charge >= 0.3 is 0 Å². The van der Waals surface area contributed by atoms with Gasteiger partial charge in [-0.1, -0.05) is 5.16 Å². The molecule has 1 aliphatic carbocycles. The highest BCUT2D eigenvalue weighted by molar-refractivity contribution is 5.92. The Bertz CT molecular complexity index is 668. The first-order chi connectivity index (χ1) is 10.8. The van der Waals surface area contributed by atoms with E-state index in [2.05, 4.69) is 20.1 Å². The van der Waals surface area contributed by atoms with E-state index in [1.54, 1.807) is 12.3 Å². The van der Waals surface area contributed by atoms with Gasteiger partial charge in [0.15, 0.2) is 5.82 Å². The second kappa shape index (κ2) is 5.47. The van der Waals surface area contributed by atoms with E-state index in [0.29, 0.717) is 24.0 Å². The largest absolute Gasteiger partial charge is 0.343 e. The van der Waals surface area contributed by atoms with Crippen molar-refractivity contribution in [1.82, 2.24) is 25.0 Å². The van der Waals surface area contributed by atoms with Crippen LogP contribution in [0.2, 0.25) is 0 Å². The van der Waals surface area contributed by atoms with E-state index in [1.807, 2.05) is 4.90 Å². The highest BCUT2D eigenvalue weighted by Crippen LogP contribution is 2.37. The summed E-state index contributed by atoms with van der Waals surface area (Å²) in [6.07, 6.45) is 7.19. The van der Waals surface area contributed by atoms with E-state index >= 15 is 0 Å². The molecule has 1 unspecified atom stereocenters. The molecule has 22 heavy (non-hydrogen) atoms. The van der Waals surface area contributed by atoms with E-state index in [9.17, 15) is 4.79 Å². The third-order valence-corrected chi connectivity index (χ3v) is 4.29. The lowest BCUT2D eigenvalue weighted by Crippen LogP contribution is -2.39. The summed E-state index contributed by atoms with van der Waals surface area (Å²) in [5, 5.41) is 3.90. The van der Waals surface area contributed by atoms with Crippen molar-refractivity contribution in [3.05, 3.63) is 36.0 Å². The standard InChI is InChI=1S/C15H17N5O2/c21-15(12-5-6-16-13(18-12)10-3-4-10)20-7-1-2-11(8-20)14-17-9-22-19-14/h5-6,9-11H,1-4,7-8H2. The molecule has 1 atom stereocenters. The Kier molecular flexibility index (Phi) is 3.32. The number of carbonyl (C=O) groups is 1. The van der Waals surface area contributed by atoms with Crippen LogP contribution >= 0.6 is 0 Å². The zero-order valence-electron chi connectivity index (χ0n) is 12.2. The van der Waals surface area contributed by atoms with Crippen molar-refractivity contribution >= 4 is 5.91 Å². The smallest absolute Gasteiger partial charge is 0.272 e. The van der Waals surface area contributed by atoms with Gasteiger partial charge in [-0.05, 0) is 31.7 Å². The first-order valence-corrected chi connectivity index (χ1v) is 7.70. The molecule has 7 heteroatoms. The fraction of sp³-hybridized carbons (Fsp3) is 0.533. The normalized spacial score (nSPS) is 21.8. The summed E-state index contributed by atoms with van der Waals surface area (Å²) < 4.78 is 4.81. The number of amides is 1. The van der Waals surface area contributed by atoms with E-state index in [-0.39, 0.29) is 11.8 Å². The molecule has 1 amide bonds. The number of nitrogens with zero attached hydrogens (tertiary/aromatic N) is 5. The molecule has 2 aromatic heterocycles. The number of hydrogen-bond donors (Lipinski definition) is 0. The highest BCUT2D eigenvalue weighted by Gasteiger charge is 2.30. The van der Waals surface area contributed by atoms with E-state index in [1.165, 1.54) is 6.39 Å². The van der Waals surface area contributed by atoms with Gasteiger partial charge in [0.25, 0.3) is 5.91 Å². The Hall–Kier alpha value is -2.31. The summed E-state index contributed by atoms with van der Waals surface area (Å²) in [5.74, 6) is 2.04. The molecule has 114 valence electrons. The molecule has 1 aliphatic heterocycles. The van der Waals surface area contributed by atoms with Crippen LogP contribution < -0.4 is 0 Å². The van der Waals surface area contributed by atoms with Gasteiger partial charge in [0.05, 0.1) is 0 Å². The summed E-state index contributed by atoms with van der Waals surface area (Å²) >= 11 is 0. The minimum absolute atomic E-state index is 0.0301. The van der Waals surface area contributed by atoms with Gasteiger partial charge in [-0.2, -0.15) is 4.98 Å². The molecular formula is C15H17N5O2. The van der Waals surface area contributed by atoms with Crippen LogP contribution in [-0.4, -0.2) is 44.0 Å². The quantitative estimate of drug-likeness (QED) is 0.858. The minimum atomic E-state index is -0.0301. The van der Waals surface area contributed by atoms with Gasteiger partial charge in [0.1, 0.15) is 11.5 Å². The topological polar surface area (TPSA) is 85.0 Å². The molecule has 0 spiro atoms. The maximum Gasteiger partial charge on any atom is 0.272 e. The number of rotatable bonds is 3. The van der Waals surface area contributed by atoms with Crippen molar-refractivity contribution in [2.24, 2.45) is 0 Å². The second-order valence-corrected chi connectivity index (χ2v) is 5.95. The average molecular weight is 299 g/mol. The second-order valence-electron chi connectivity index (χ2n) is 5.95. The molecule has 2 fully saturated rings. The minimum Gasteiger partial charge on any atom is -0.343 e. The van der Waals surface area contributed by atoms with Crippen molar-refractivity contribution in [2.75, 3.05) is 13.1 Å². The van der Waals surface area contributed by atoms with Crippen LogP contribution in [0.15, 0.2) is 23.2 Å². The summed E-state index contributed by atoms with van der Waals surface area (Å²) in [7, 11) is 0. The van der Waals surface area contributed by atoms with Crippen LogP contribution in [0, 0.1) is 0 Å².